The first-order valence-corrected chi connectivity index (χ1v) is 7.50. The van der Waals surface area contributed by atoms with Crippen LogP contribution >= 0.6 is 11.6 Å². The van der Waals surface area contributed by atoms with Crippen molar-refractivity contribution in [2.45, 2.75) is 19.7 Å². The second-order valence-corrected chi connectivity index (χ2v) is 4.98. The lowest BCUT2D eigenvalue weighted by molar-refractivity contribution is 0.163. The SMILES string of the molecule is CCN(C)C(=O)Oc1cc(CCl)cc(OC(=O)N(C)CC)c1. The number of amides is 2. The van der Waals surface area contributed by atoms with E-state index in [4.69, 9.17) is 21.1 Å². The third-order valence-electron chi connectivity index (χ3n) is 3.08. The minimum absolute atomic E-state index is 0.211. The molecule has 0 bridgehead atoms. The van der Waals surface area contributed by atoms with Gasteiger partial charge < -0.3 is 19.3 Å². The molecule has 1 aromatic carbocycles. The molecule has 0 atom stereocenters. The van der Waals surface area contributed by atoms with Crippen LogP contribution in [0.5, 0.6) is 11.5 Å². The fourth-order valence-electron chi connectivity index (χ4n) is 1.44. The van der Waals surface area contributed by atoms with Crippen LogP contribution in [0.2, 0.25) is 0 Å². The molecule has 0 aliphatic rings. The summed E-state index contributed by atoms with van der Waals surface area (Å²) in [5.74, 6) is 0.777. The van der Waals surface area contributed by atoms with Gasteiger partial charge in [0.25, 0.3) is 0 Å². The summed E-state index contributed by atoms with van der Waals surface area (Å²) in [4.78, 5) is 26.4. The van der Waals surface area contributed by atoms with E-state index in [0.29, 0.717) is 18.7 Å². The maximum absolute atomic E-state index is 11.8. The summed E-state index contributed by atoms with van der Waals surface area (Å²) in [5.41, 5.74) is 0.688. The van der Waals surface area contributed by atoms with E-state index in [2.05, 4.69) is 0 Å². The second kappa shape index (κ2) is 8.48. The van der Waals surface area contributed by atoms with Crippen LogP contribution in [0.4, 0.5) is 9.59 Å². The van der Waals surface area contributed by atoms with E-state index in [0.717, 1.165) is 0 Å². The van der Waals surface area contributed by atoms with Gasteiger partial charge in [-0.05, 0) is 31.5 Å². The Bertz CT molecular complexity index is 494. The summed E-state index contributed by atoms with van der Waals surface area (Å²) < 4.78 is 10.5. The number of ether oxygens (including phenoxy) is 2. The Morgan fingerprint density at radius 2 is 1.36 bits per heavy atom. The maximum atomic E-state index is 11.8. The summed E-state index contributed by atoms with van der Waals surface area (Å²) in [7, 11) is 3.26. The molecule has 6 nitrogen and oxygen atoms in total. The highest BCUT2D eigenvalue weighted by Gasteiger charge is 2.14. The van der Waals surface area contributed by atoms with E-state index in [1.54, 1.807) is 26.2 Å². The Labute approximate surface area is 135 Å². The average Bonchev–Trinajstić information content (AvgIpc) is 2.52. The van der Waals surface area contributed by atoms with Crippen molar-refractivity contribution < 1.29 is 19.1 Å². The highest BCUT2D eigenvalue weighted by Crippen LogP contribution is 2.25. The molecule has 0 aliphatic heterocycles. The van der Waals surface area contributed by atoms with Crippen LogP contribution in [-0.4, -0.2) is 49.2 Å². The molecule has 0 spiro atoms. The molecule has 122 valence electrons. The molecular weight excluding hydrogens is 308 g/mol. The fraction of sp³-hybridized carbons (Fsp3) is 0.467. The molecule has 0 radical (unpaired) electrons. The first-order chi connectivity index (χ1) is 10.4. The maximum Gasteiger partial charge on any atom is 0.414 e. The summed E-state index contributed by atoms with van der Waals surface area (Å²) in [6, 6.07) is 4.75. The normalized spacial score (nSPS) is 10.0. The van der Waals surface area contributed by atoms with Crippen molar-refractivity contribution in [1.82, 2.24) is 9.80 Å². The Kier molecular flexibility index (Phi) is 6.98. The molecule has 0 aromatic heterocycles. The summed E-state index contributed by atoms with van der Waals surface area (Å²) in [6.07, 6.45) is -0.977. The number of rotatable bonds is 5. The van der Waals surface area contributed by atoms with Crippen LogP contribution < -0.4 is 9.47 Å². The van der Waals surface area contributed by atoms with Crippen molar-refractivity contribution in [2.75, 3.05) is 27.2 Å². The van der Waals surface area contributed by atoms with Crippen molar-refractivity contribution in [3.63, 3.8) is 0 Å². The van der Waals surface area contributed by atoms with E-state index in [1.807, 2.05) is 13.8 Å². The molecule has 1 aromatic rings. The first-order valence-electron chi connectivity index (χ1n) is 6.97. The summed E-state index contributed by atoms with van der Waals surface area (Å²) in [6.45, 7) is 4.73. The van der Waals surface area contributed by atoms with E-state index < -0.39 is 12.2 Å². The fourth-order valence-corrected chi connectivity index (χ4v) is 1.60. The number of carbonyl (C=O) groups excluding carboxylic acids is 2. The Morgan fingerprint density at radius 3 is 1.68 bits per heavy atom. The highest BCUT2D eigenvalue weighted by molar-refractivity contribution is 6.17. The lowest BCUT2D eigenvalue weighted by atomic mass is 10.2. The predicted molar refractivity (Wildman–Crippen MR) is 84.7 cm³/mol. The number of halogens is 1. The number of nitrogens with zero attached hydrogens (tertiary/aromatic N) is 2. The topological polar surface area (TPSA) is 59.1 Å². The van der Waals surface area contributed by atoms with E-state index in [1.165, 1.54) is 15.9 Å². The zero-order valence-corrected chi connectivity index (χ0v) is 14.0. The van der Waals surface area contributed by atoms with Gasteiger partial charge in [0.1, 0.15) is 11.5 Å². The highest BCUT2D eigenvalue weighted by atomic mass is 35.5. The van der Waals surface area contributed by atoms with E-state index in [-0.39, 0.29) is 17.4 Å². The molecule has 22 heavy (non-hydrogen) atoms. The largest absolute Gasteiger partial charge is 0.414 e. The smallest absolute Gasteiger partial charge is 0.410 e. The van der Waals surface area contributed by atoms with E-state index in [9.17, 15) is 9.59 Å². The lowest BCUT2D eigenvalue weighted by Gasteiger charge is -2.17. The summed E-state index contributed by atoms with van der Waals surface area (Å²) >= 11 is 5.82. The zero-order valence-electron chi connectivity index (χ0n) is 13.3. The van der Waals surface area contributed by atoms with Gasteiger partial charge in [0.05, 0.1) is 0 Å². The van der Waals surface area contributed by atoms with Crippen molar-refractivity contribution in [3.05, 3.63) is 23.8 Å². The van der Waals surface area contributed by atoms with Gasteiger partial charge in [0, 0.05) is 39.1 Å². The van der Waals surface area contributed by atoms with Crippen LogP contribution in [0, 0.1) is 0 Å². The number of carbonyl (C=O) groups is 2. The number of alkyl halides is 1. The van der Waals surface area contributed by atoms with Gasteiger partial charge in [0.2, 0.25) is 0 Å². The number of hydrogen-bond acceptors (Lipinski definition) is 4. The van der Waals surface area contributed by atoms with Gasteiger partial charge in [-0.15, -0.1) is 11.6 Å². The van der Waals surface area contributed by atoms with Gasteiger partial charge in [0.15, 0.2) is 0 Å². The molecule has 0 saturated carbocycles. The van der Waals surface area contributed by atoms with Crippen LogP contribution in [0.25, 0.3) is 0 Å². The molecular formula is C15H21ClN2O4. The quantitative estimate of drug-likeness (QED) is 0.778. The molecule has 0 aliphatic carbocycles. The van der Waals surface area contributed by atoms with Crippen LogP contribution in [0.3, 0.4) is 0 Å². The van der Waals surface area contributed by atoms with Crippen molar-refractivity contribution in [3.8, 4) is 11.5 Å². The first kappa shape index (κ1) is 18.1. The van der Waals surface area contributed by atoms with Gasteiger partial charge in [-0.1, -0.05) is 0 Å². The molecule has 0 N–H and O–H groups in total. The molecule has 1 rings (SSSR count). The van der Waals surface area contributed by atoms with Gasteiger partial charge >= 0.3 is 12.2 Å². The summed E-state index contributed by atoms with van der Waals surface area (Å²) in [5, 5.41) is 0. The lowest BCUT2D eigenvalue weighted by Crippen LogP contribution is -2.30. The Balaban J connectivity index is 2.93. The van der Waals surface area contributed by atoms with Gasteiger partial charge in [-0.25, -0.2) is 9.59 Å². The predicted octanol–water partition coefficient (Wildman–Crippen LogP) is 3.33. The Hall–Kier alpha value is -1.95. The standard InChI is InChI=1S/C15H21ClN2O4/c1-5-17(3)14(19)21-12-7-11(10-16)8-13(9-12)22-15(20)18(4)6-2/h7-9H,5-6,10H2,1-4H3. The number of benzene rings is 1. The second-order valence-electron chi connectivity index (χ2n) is 4.71. The molecule has 0 heterocycles. The third-order valence-corrected chi connectivity index (χ3v) is 3.39. The van der Waals surface area contributed by atoms with Gasteiger partial charge in [-0.2, -0.15) is 0 Å². The molecule has 0 unspecified atom stereocenters. The van der Waals surface area contributed by atoms with Crippen LogP contribution in [0.1, 0.15) is 19.4 Å². The molecule has 0 saturated heterocycles. The van der Waals surface area contributed by atoms with Gasteiger partial charge in [-0.3, -0.25) is 0 Å². The molecule has 7 heteroatoms. The van der Waals surface area contributed by atoms with Crippen LogP contribution in [-0.2, 0) is 5.88 Å². The third kappa shape index (κ3) is 5.11. The van der Waals surface area contributed by atoms with Crippen molar-refractivity contribution >= 4 is 23.8 Å². The van der Waals surface area contributed by atoms with Crippen LogP contribution in [0.15, 0.2) is 18.2 Å². The van der Waals surface area contributed by atoms with E-state index >= 15 is 0 Å². The van der Waals surface area contributed by atoms with Crippen molar-refractivity contribution in [1.29, 1.82) is 0 Å². The molecule has 0 fully saturated rings. The number of hydrogen-bond donors (Lipinski definition) is 0. The average molecular weight is 329 g/mol. The monoisotopic (exact) mass is 328 g/mol. The zero-order chi connectivity index (χ0) is 16.7. The minimum atomic E-state index is -0.489. The Morgan fingerprint density at radius 1 is 0.955 bits per heavy atom. The minimum Gasteiger partial charge on any atom is -0.410 e. The molecule has 2 amide bonds. The van der Waals surface area contributed by atoms with Crippen molar-refractivity contribution in [2.24, 2.45) is 0 Å².